The van der Waals surface area contributed by atoms with Crippen molar-refractivity contribution < 1.29 is 4.39 Å². The minimum atomic E-state index is -1.20. The molecule has 80 valence electrons. The molecule has 2 bridgehead atoms. The minimum Gasteiger partial charge on any atom is -0.311 e. The van der Waals surface area contributed by atoms with Crippen LogP contribution in [0.5, 0.6) is 0 Å². The molecule has 1 aromatic rings. The summed E-state index contributed by atoms with van der Waals surface area (Å²) in [6.45, 7) is 0. The monoisotopic (exact) mass is 206 g/mol. The molecule has 0 aromatic carbocycles. The second-order valence-corrected chi connectivity index (χ2v) is 4.73. The second kappa shape index (κ2) is 3.27. The van der Waals surface area contributed by atoms with Crippen LogP contribution in [0.3, 0.4) is 0 Å². The number of aromatic nitrogens is 1. The average molecular weight is 206 g/mol. The van der Waals surface area contributed by atoms with Crippen molar-refractivity contribution in [1.82, 2.24) is 10.3 Å². The highest BCUT2D eigenvalue weighted by Gasteiger charge is 2.45. The zero-order chi connectivity index (χ0) is 10.3. The number of piperidine rings is 1. The number of alkyl halides is 1. The lowest BCUT2D eigenvalue weighted by atomic mass is 9.86. The maximum absolute atomic E-state index is 14.7. The molecule has 2 aliphatic rings. The highest BCUT2D eigenvalue weighted by molar-refractivity contribution is 5.17. The third kappa shape index (κ3) is 1.55. The van der Waals surface area contributed by atoms with Crippen molar-refractivity contribution >= 4 is 0 Å². The number of rotatable bonds is 1. The Morgan fingerprint density at radius 3 is 2.60 bits per heavy atom. The fourth-order valence-electron chi connectivity index (χ4n) is 2.93. The fourth-order valence-corrected chi connectivity index (χ4v) is 2.93. The Bertz CT molecular complexity index is 340. The predicted octanol–water partition coefficient (Wildman–Crippen LogP) is 2.16. The number of hydrogen-bond acceptors (Lipinski definition) is 2. The van der Waals surface area contributed by atoms with Gasteiger partial charge in [0.1, 0.15) is 0 Å². The summed E-state index contributed by atoms with van der Waals surface area (Å²) in [6, 6.07) is 6.23. The molecule has 0 saturated carbocycles. The molecule has 3 atom stereocenters. The first-order valence-corrected chi connectivity index (χ1v) is 5.63. The Balaban J connectivity index is 1.91. The molecule has 15 heavy (non-hydrogen) atoms. The standard InChI is InChI=1S/C12H15FN2/c13-12(11-3-1-2-6-14-11)7-9-4-5-10(8-12)15-9/h1-3,6,9-10,15H,4-5,7-8H2/t9-,10?,12?/m0/s1. The lowest BCUT2D eigenvalue weighted by Crippen LogP contribution is -2.44. The molecule has 2 aliphatic heterocycles. The summed E-state index contributed by atoms with van der Waals surface area (Å²) in [5.74, 6) is 0. The van der Waals surface area contributed by atoms with Crippen LogP contribution in [-0.2, 0) is 5.67 Å². The Morgan fingerprint density at radius 1 is 1.27 bits per heavy atom. The van der Waals surface area contributed by atoms with Crippen molar-refractivity contribution in [3.05, 3.63) is 30.1 Å². The summed E-state index contributed by atoms with van der Waals surface area (Å²) in [5.41, 5.74) is -0.582. The molecule has 2 fully saturated rings. The lowest BCUT2D eigenvalue weighted by molar-refractivity contribution is 0.0826. The Morgan fingerprint density at radius 2 is 2.00 bits per heavy atom. The van der Waals surface area contributed by atoms with Crippen LogP contribution in [0.15, 0.2) is 24.4 Å². The first kappa shape index (κ1) is 9.28. The maximum atomic E-state index is 14.7. The van der Waals surface area contributed by atoms with E-state index in [4.69, 9.17) is 0 Å². The summed E-state index contributed by atoms with van der Waals surface area (Å²) in [5, 5.41) is 3.45. The van der Waals surface area contributed by atoms with Gasteiger partial charge in [-0.2, -0.15) is 0 Å². The van der Waals surface area contributed by atoms with Gasteiger partial charge in [0, 0.05) is 31.1 Å². The molecular weight excluding hydrogens is 191 g/mol. The van der Waals surface area contributed by atoms with Crippen molar-refractivity contribution in [2.24, 2.45) is 0 Å². The molecule has 2 nitrogen and oxygen atoms in total. The first-order chi connectivity index (χ1) is 7.26. The van der Waals surface area contributed by atoms with Gasteiger partial charge in [-0.1, -0.05) is 6.07 Å². The van der Waals surface area contributed by atoms with Crippen LogP contribution in [0, 0.1) is 0 Å². The number of fused-ring (bicyclic) bond motifs is 2. The van der Waals surface area contributed by atoms with Gasteiger partial charge in [0.2, 0.25) is 0 Å². The summed E-state index contributed by atoms with van der Waals surface area (Å²) in [7, 11) is 0. The molecular formula is C12H15FN2. The van der Waals surface area contributed by atoms with Crippen molar-refractivity contribution in [2.75, 3.05) is 0 Å². The van der Waals surface area contributed by atoms with Crippen molar-refractivity contribution in [2.45, 2.75) is 43.4 Å². The van der Waals surface area contributed by atoms with Gasteiger partial charge in [-0.25, -0.2) is 4.39 Å². The highest BCUT2D eigenvalue weighted by atomic mass is 19.1. The molecule has 0 spiro atoms. The average Bonchev–Trinajstić information content (AvgIpc) is 2.60. The van der Waals surface area contributed by atoms with E-state index in [0.717, 1.165) is 12.8 Å². The molecule has 2 unspecified atom stereocenters. The quantitative estimate of drug-likeness (QED) is 0.761. The normalized spacial score (nSPS) is 39.3. The van der Waals surface area contributed by atoms with Gasteiger partial charge in [-0.3, -0.25) is 4.98 Å². The van der Waals surface area contributed by atoms with Crippen LogP contribution < -0.4 is 5.32 Å². The van der Waals surface area contributed by atoms with Crippen LogP contribution in [0.25, 0.3) is 0 Å². The number of pyridine rings is 1. The molecule has 3 rings (SSSR count). The summed E-state index contributed by atoms with van der Waals surface area (Å²) < 4.78 is 14.7. The van der Waals surface area contributed by atoms with E-state index in [-0.39, 0.29) is 0 Å². The summed E-state index contributed by atoms with van der Waals surface area (Å²) in [6.07, 6.45) is 5.08. The van der Waals surface area contributed by atoms with E-state index >= 15 is 0 Å². The Kier molecular flexibility index (Phi) is 2.02. The van der Waals surface area contributed by atoms with E-state index in [0.29, 0.717) is 30.6 Å². The van der Waals surface area contributed by atoms with Crippen molar-refractivity contribution in [1.29, 1.82) is 0 Å². The molecule has 0 aliphatic carbocycles. The van der Waals surface area contributed by atoms with Crippen LogP contribution in [-0.4, -0.2) is 17.1 Å². The zero-order valence-electron chi connectivity index (χ0n) is 8.62. The molecule has 0 amide bonds. The van der Waals surface area contributed by atoms with Crippen molar-refractivity contribution in [3.8, 4) is 0 Å². The molecule has 1 aromatic heterocycles. The molecule has 0 radical (unpaired) electrons. The van der Waals surface area contributed by atoms with E-state index < -0.39 is 5.67 Å². The molecule has 3 heteroatoms. The van der Waals surface area contributed by atoms with Gasteiger partial charge >= 0.3 is 0 Å². The van der Waals surface area contributed by atoms with E-state index in [1.807, 2.05) is 18.2 Å². The number of hydrogen-bond donors (Lipinski definition) is 1. The van der Waals surface area contributed by atoms with E-state index in [2.05, 4.69) is 10.3 Å². The first-order valence-electron chi connectivity index (χ1n) is 5.63. The fraction of sp³-hybridized carbons (Fsp3) is 0.583. The maximum Gasteiger partial charge on any atom is 0.155 e. The van der Waals surface area contributed by atoms with Gasteiger partial charge in [-0.15, -0.1) is 0 Å². The third-order valence-electron chi connectivity index (χ3n) is 3.60. The van der Waals surface area contributed by atoms with Crippen LogP contribution in [0.4, 0.5) is 4.39 Å². The van der Waals surface area contributed by atoms with Gasteiger partial charge in [0.15, 0.2) is 5.67 Å². The minimum absolute atomic E-state index is 0.357. The Labute approximate surface area is 88.9 Å². The summed E-state index contributed by atoms with van der Waals surface area (Å²) >= 11 is 0. The topological polar surface area (TPSA) is 24.9 Å². The van der Waals surface area contributed by atoms with Crippen molar-refractivity contribution in [3.63, 3.8) is 0 Å². The smallest absolute Gasteiger partial charge is 0.155 e. The van der Waals surface area contributed by atoms with Crippen LogP contribution in [0.1, 0.15) is 31.4 Å². The number of nitrogens with one attached hydrogen (secondary N) is 1. The van der Waals surface area contributed by atoms with E-state index in [9.17, 15) is 4.39 Å². The van der Waals surface area contributed by atoms with Gasteiger partial charge < -0.3 is 5.32 Å². The predicted molar refractivity (Wildman–Crippen MR) is 56.2 cm³/mol. The Hall–Kier alpha value is -0.960. The number of nitrogens with zero attached hydrogens (tertiary/aromatic N) is 1. The van der Waals surface area contributed by atoms with Crippen LogP contribution in [0.2, 0.25) is 0 Å². The summed E-state index contributed by atoms with van der Waals surface area (Å²) in [4.78, 5) is 4.17. The highest BCUT2D eigenvalue weighted by Crippen LogP contribution is 2.42. The van der Waals surface area contributed by atoms with Gasteiger partial charge in [0.05, 0.1) is 5.69 Å². The second-order valence-electron chi connectivity index (χ2n) is 4.73. The molecule has 1 N–H and O–H groups in total. The number of halogens is 1. The van der Waals surface area contributed by atoms with E-state index in [1.54, 1.807) is 6.20 Å². The largest absolute Gasteiger partial charge is 0.311 e. The van der Waals surface area contributed by atoms with Gasteiger partial charge in [-0.05, 0) is 25.0 Å². The zero-order valence-corrected chi connectivity index (χ0v) is 8.62. The SMILES string of the molecule is FC1(c2ccccn2)CC2CC[C@@H](C1)N2. The third-order valence-corrected chi connectivity index (χ3v) is 3.60. The lowest BCUT2D eigenvalue weighted by Gasteiger charge is -2.34. The van der Waals surface area contributed by atoms with Gasteiger partial charge in [0.25, 0.3) is 0 Å². The molecule has 2 saturated heterocycles. The molecule has 3 heterocycles. The van der Waals surface area contributed by atoms with E-state index in [1.165, 1.54) is 0 Å². The van der Waals surface area contributed by atoms with Crippen LogP contribution >= 0.6 is 0 Å².